The molecule has 0 fully saturated rings. The fraction of sp³-hybridized carbons (Fsp3) is 0.200. The van der Waals surface area contributed by atoms with E-state index in [9.17, 15) is 9.59 Å². The molecule has 4 nitrogen and oxygen atoms in total. The number of para-hydroxylation sites is 1. The smallest absolute Gasteiger partial charge is 0.255 e. The number of anilines is 2. The quantitative estimate of drug-likeness (QED) is 0.573. The number of carbonyl (C=O) groups excluding carboxylic acids is 2. The second-order valence-electron chi connectivity index (χ2n) is 7.41. The van der Waals surface area contributed by atoms with Crippen LogP contribution in [0.1, 0.15) is 27.9 Å². The molecule has 4 rings (SSSR count). The van der Waals surface area contributed by atoms with Gasteiger partial charge in [0.15, 0.2) is 0 Å². The van der Waals surface area contributed by atoms with Gasteiger partial charge in [0.2, 0.25) is 5.91 Å². The van der Waals surface area contributed by atoms with Gasteiger partial charge in [-0.3, -0.25) is 9.59 Å². The molecule has 2 amide bonds. The monoisotopic (exact) mass is 416 g/mol. The van der Waals surface area contributed by atoms with E-state index in [-0.39, 0.29) is 11.8 Å². The van der Waals surface area contributed by atoms with Gasteiger partial charge >= 0.3 is 0 Å². The normalized spacial score (nSPS) is 12.9. The van der Waals surface area contributed by atoms with Crippen molar-refractivity contribution < 1.29 is 9.59 Å². The molecule has 1 aliphatic rings. The zero-order valence-electron chi connectivity index (χ0n) is 16.9. The van der Waals surface area contributed by atoms with Crippen molar-refractivity contribution in [3.05, 3.63) is 89.5 Å². The zero-order chi connectivity index (χ0) is 20.9. The summed E-state index contributed by atoms with van der Waals surface area (Å²) in [4.78, 5) is 28.1. The predicted molar refractivity (Wildman–Crippen MR) is 123 cm³/mol. The van der Waals surface area contributed by atoms with Crippen molar-refractivity contribution >= 4 is 35.0 Å². The van der Waals surface area contributed by atoms with E-state index in [1.54, 1.807) is 0 Å². The maximum absolute atomic E-state index is 12.8. The molecule has 3 aromatic carbocycles. The van der Waals surface area contributed by atoms with Gasteiger partial charge in [0.1, 0.15) is 0 Å². The molecule has 3 aromatic rings. The van der Waals surface area contributed by atoms with Crippen LogP contribution in [0.25, 0.3) is 0 Å². The lowest BCUT2D eigenvalue weighted by molar-refractivity contribution is -0.116. The van der Waals surface area contributed by atoms with Gasteiger partial charge in [-0.05, 0) is 61.7 Å². The summed E-state index contributed by atoms with van der Waals surface area (Å²) in [6.45, 7) is 2.76. The molecule has 30 heavy (non-hydrogen) atoms. The van der Waals surface area contributed by atoms with Crippen LogP contribution in [0, 0.1) is 6.92 Å². The van der Waals surface area contributed by atoms with Crippen LogP contribution >= 0.6 is 11.8 Å². The molecule has 0 saturated carbocycles. The lowest BCUT2D eigenvalue weighted by atomic mass is 10.0. The van der Waals surface area contributed by atoms with Crippen molar-refractivity contribution in [2.75, 3.05) is 22.5 Å². The van der Waals surface area contributed by atoms with Crippen molar-refractivity contribution in [2.24, 2.45) is 0 Å². The Bertz CT molecular complexity index is 1060. The molecular formula is C25H24N2O2S. The average molecular weight is 417 g/mol. The third-order valence-corrected chi connectivity index (χ3v) is 6.16. The highest BCUT2D eigenvalue weighted by Gasteiger charge is 2.22. The number of benzene rings is 3. The zero-order valence-corrected chi connectivity index (χ0v) is 17.7. The Balaban J connectivity index is 1.38. The van der Waals surface area contributed by atoms with E-state index in [4.69, 9.17) is 0 Å². The van der Waals surface area contributed by atoms with Crippen LogP contribution in [0.3, 0.4) is 0 Å². The topological polar surface area (TPSA) is 49.4 Å². The largest absolute Gasteiger partial charge is 0.322 e. The number of hydrogen-bond donors (Lipinski definition) is 1. The van der Waals surface area contributed by atoms with E-state index >= 15 is 0 Å². The van der Waals surface area contributed by atoms with Crippen molar-refractivity contribution in [1.29, 1.82) is 0 Å². The molecule has 0 aromatic heterocycles. The first-order valence-electron chi connectivity index (χ1n) is 10.1. The third-order valence-electron chi connectivity index (χ3n) is 5.18. The van der Waals surface area contributed by atoms with Crippen LogP contribution in [0.4, 0.5) is 11.4 Å². The molecule has 5 heteroatoms. The minimum atomic E-state index is -0.141. The van der Waals surface area contributed by atoms with Gasteiger partial charge in [-0.2, -0.15) is 0 Å². The summed E-state index contributed by atoms with van der Waals surface area (Å²) in [5.41, 5.74) is 4.74. The maximum Gasteiger partial charge on any atom is 0.255 e. The minimum Gasteiger partial charge on any atom is -0.322 e. The summed E-state index contributed by atoms with van der Waals surface area (Å²) < 4.78 is 0. The molecule has 0 bridgehead atoms. The maximum atomic E-state index is 12.8. The van der Waals surface area contributed by atoms with Crippen LogP contribution in [0.15, 0.2) is 77.7 Å². The predicted octanol–water partition coefficient (Wildman–Crippen LogP) is 5.32. The third kappa shape index (κ3) is 4.74. The number of carbonyl (C=O) groups is 2. The highest BCUT2D eigenvalue weighted by Crippen LogP contribution is 2.29. The van der Waals surface area contributed by atoms with Crippen molar-refractivity contribution in [2.45, 2.75) is 24.7 Å². The molecule has 1 aliphatic heterocycles. The van der Waals surface area contributed by atoms with Crippen molar-refractivity contribution in [3.63, 3.8) is 0 Å². The van der Waals surface area contributed by atoms with Gasteiger partial charge in [0.05, 0.1) is 5.75 Å². The number of amides is 2. The summed E-state index contributed by atoms with van der Waals surface area (Å²) in [7, 11) is 0. The number of fused-ring (bicyclic) bond motifs is 1. The number of aryl methyl sites for hydroxylation is 2. The summed E-state index contributed by atoms with van der Waals surface area (Å²) in [6, 6.07) is 23.2. The van der Waals surface area contributed by atoms with E-state index in [1.165, 1.54) is 17.3 Å². The molecular weight excluding hydrogens is 392 g/mol. The van der Waals surface area contributed by atoms with E-state index in [1.807, 2.05) is 78.6 Å². The average Bonchev–Trinajstić information content (AvgIpc) is 2.78. The Morgan fingerprint density at radius 2 is 1.80 bits per heavy atom. The van der Waals surface area contributed by atoms with Crippen molar-refractivity contribution in [3.8, 4) is 0 Å². The lowest BCUT2D eigenvalue weighted by Crippen LogP contribution is -2.36. The second-order valence-corrected chi connectivity index (χ2v) is 8.46. The first-order valence-corrected chi connectivity index (χ1v) is 11.1. The Hall–Kier alpha value is -3.05. The van der Waals surface area contributed by atoms with E-state index in [2.05, 4.69) is 11.4 Å². The van der Waals surface area contributed by atoms with Gasteiger partial charge in [-0.15, -0.1) is 11.8 Å². The molecule has 0 aliphatic carbocycles. The number of nitrogens with zero attached hydrogens (tertiary/aromatic N) is 1. The van der Waals surface area contributed by atoms with Crippen LogP contribution in [0.5, 0.6) is 0 Å². The fourth-order valence-corrected chi connectivity index (χ4v) is 4.42. The van der Waals surface area contributed by atoms with Crippen LogP contribution < -0.4 is 10.2 Å². The molecule has 1 N–H and O–H groups in total. The van der Waals surface area contributed by atoms with Crippen LogP contribution in [-0.4, -0.2) is 24.1 Å². The van der Waals surface area contributed by atoms with Gasteiger partial charge in [0.25, 0.3) is 5.91 Å². The van der Waals surface area contributed by atoms with E-state index < -0.39 is 0 Å². The fourth-order valence-electron chi connectivity index (χ4n) is 3.59. The summed E-state index contributed by atoms with van der Waals surface area (Å²) in [6.07, 6.45) is 2.02. The number of nitrogens with one attached hydrogen (secondary N) is 1. The molecule has 0 atom stereocenters. The Morgan fingerprint density at radius 3 is 2.63 bits per heavy atom. The second kappa shape index (κ2) is 9.18. The Kier molecular flexibility index (Phi) is 6.19. The minimum absolute atomic E-state index is 0.112. The van der Waals surface area contributed by atoms with E-state index in [0.29, 0.717) is 11.3 Å². The van der Waals surface area contributed by atoms with E-state index in [0.717, 1.165) is 41.2 Å². The summed E-state index contributed by atoms with van der Waals surface area (Å²) in [5.74, 6) is 0.336. The van der Waals surface area contributed by atoms with Gasteiger partial charge in [-0.25, -0.2) is 0 Å². The van der Waals surface area contributed by atoms with Gasteiger partial charge < -0.3 is 10.2 Å². The summed E-state index contributed by atoms with van der Waals surface area (Å²) >= 11 is 1.49. The molecule has 0 unspecified atom stereocenters. The van der Waals surface area contributed by atoms with Crippen LogP contribution in [0.2, 0.25) is 0 Å². The van der Waals surface area contributed by atoms with Crippen molar-refractivity contribution in [1.82, 2.24) is 0 Å². The first kappa shape index (κ1) is 20.2. The van der Waals surface area contributed by atoms with Gasteiger partial charge in [-0.1, -0.05) is 42.0 Å². The standard InChI is InChI=1S/C25H24N2O2S/c1-18-11-13-20(14-12-18)25(29)26-21-8-4-9-22(16-21)30-17-24(28)27-15-5-7-19-6-2-3-10-23(19)27/h2-4,6,8-14,16H,5,7,15,17H2,1H3,(H,26,29). The molecule has 0 radical (unpaired) electrons. The SMILES string of the molecule is Cc1ccc(C(=O)Nc2cccc(SCC(=O)N3CCCc4ccccc43)c2)cc1. The molecule has 0 saturated heterocycles. The van der Waals surface area contributed by atoms with Crippen LogP contribution in [-0.2, 0) is 11.2 Å². The summed E-state index contributed by atoms with van der Waals surface area (Å²) in [5, 5.41) is 2.93. The lowest BCUT2D eigenvalue weighted by Gasteiger charge is -2.29. The number of hydrogen-bond acceptors (Lipinski definition) is 3. The molecule has 0 spiro atoms. The Labute approximate surface area is 181 Å². The number of thioether (sulfide) groups is 1. The highest BCUT2D eigenvalue weighted by atomic mass is 32.2. The molecule has 1 heterocycles. The Morgan fingerprint density at radius 1 is 1.00 bits per heavy atom. The highest BCUT2D eigenvalue weighted by molar-refractivity contribution is 8.00. The first-order chi connectivity index (χ1) is 14.6. The van der Waals surface area contributed by atoms with Gasteiger partial charge in [0, 0.05) is 28.4 Å². The number of rotatable bonds is 5. The molecule has 152 valence electrons.